The fourth-order valence-corrected chi connectivity index (χ4v) is 4.56. The van der Waals surface area contributed by atoms with Gasteiger partial charge in [-0.15, -0.1) is 10.2 Å². The molecule has 0 radical (unpaired) electrons. The van der Waals surface area contributed by atoms with Crippen molar-refractivity contribution in [3.63, 3.8) is 0 Å². The third-order valence-corrected chi connectivity index (χ3v) is 6.03. The quantitative estimate of drug-likeness (QED) is 0.363. The molecule has 0 saturated heterocycles. The van der Waals surface area contributed by atoms with Crippen molar-refractivity contribution in [3.05, 3.63) is 101 Å². The minimum atomic E-state index is -4.94. The van der Waals surface area contributed by atoms with E-state index in [1.54, 1.807) is 11.3 Å². The van der Waals surface area contributed by atoms with Crippen molar-refractivity contribution in [1.29, 1.82) is 0 Å². The van der Waals surface area contributed by atoms with Gasteiger partial charge in [-0.1, -0.05) is 72.0 Å². The third kappa shape index (κ3) is 5.05. The number of thiazole rings is 1. The number of allylic oxidation sites excluding steroid dienone is 2. The molecule has 0 spiro atoms. The van der Waals surface area contributed by atoms with E-state index in [-0.39, 0.29) is 0 Å². The van der Waals surface area contributed by atoms with Gasteiger partial charge >= 0.3 is 0 Å². The standard InChI is InChI=1S/C24H18NOS.ClHO4/c1-25-20-12-4-7-15-23(20)27-24(25)16-8-11-17-18-9-2-5-13-21(18)26-22-14-6-3-10-19(17)22;2-1(3,4)5/h2-16H,1H3;(H,2,3,4,5)/q+1;/p-1/b16-8+;. The van der Waals surface area contributed by atoms with Crippen molar-refractivity contribution in [1.82, 2.24) is 0 Å². The van der Waals surface area contributed by atoms with Gasteiger partial charge in [0.15, 0.2) is 0 Å². The van der Waals surface area contributed by atoms with Crippen LogP contribution in [-0.4, -0.2) is 0 Å². The molecular weight excluding hydrogens is 450 g/mol. The molecule has 32 heavy (non-hydrogen) atoms. The van der Waals surface area contributed by atoms with E-state index in [0.29, 0.717) is 0 Å². The van der Waals surface area contributed by atoms with E-state index in [1.165, 1.54) is 20.8 Å². The minimum Gasteiger partial charge on any atom is -0.456 e. The monoisotopic (exact) mass is 467 g/mol. The lowest BCUT2D eigenvalue weighted by Crippen LogP contribution is -2.68. The molecule has 1 aromatic heterocycles. The number of hydrogen-bond donors (Lipinski definition) is 0. The summed E-state index contributed by atoms with van der Waals surface area (Å²) in [5.74, 6) is 1.81. The molecule has 0 N–H and O–H groups in total. The number of halogens is 1. The maximum absolute atomic E-state index is 8.49. The topological polar surface area (TPSA) is 105 Å². The molecule has 6 nitrogen and oxygen atoms in total. The summed E-state index contributed by atoms with van der Waals surface area (Å²) in [6.07, 6.45) is 6.50. The van der Waals surface area contributed by atoms with Crippen LogP contribution in [-0.2, 0) is 7.05 Å². The Bertz CT molecular complexity index is 1270. The van der Waals surface area contributed by atoms with Gasteiger partial charge < -0.3 is 4.74 Å². The zero-order valence-electron chi connectivity index (χ0n) is 16.9. The van der Waals surface area contributed by atoms with Crippen molar-refractivity contribution in [3.8, 4) is 11.5 Å². The first-order chi connectivity index (χ1) is 15.3. The van der Waals surface area contributed by atoms with Crippen LogP contribution in [0.25, 0.3) is 21.9 Å². The van der Waals surface area contributed by atoms with Crippen LogP contribution < -0.4 is 27.9 Å². The SMILES string of the molecule is C[n+]1c(/C=C/C=C2c3ccccc3Oc3ccccc32)sc2ccccc21.[O-][Cl+3]([O-])([O-])[O-]. The Morgan fingerprint density at radius 2 is 1.34 bits per heavy atom. The highest BCUT2D eigenvalue weighted by molar-refractivity contribution is 7.18. The summed E-state index contributed by atoms with van der Waals surface area (Å²) >= 11 is 1.80. The average molecular weight is 468 g/mol. The molecule has 1 aliphatic heterocycles. The van der Waals surface area contributed by atoms with Crippen molar-refractivity contribution < 1.29 is 38.2 Å². The molecule has 0 amide bonds. The van der Waals surface area contributed by atoms with Crippen LogP contribution in [0, 0.1) is 10.2 Å². The maximum atomic E-state index is 8.49. The lowest BCUT2D eigenvalue weighted by atomic mass is 9.93. The Morgan fingerprint density at radius 1 is 0.812 bits per heavy atom. The van der Waals surface area contributed by atoms with Gasteiger partial charge in [0.1, 0.15) is 23.2 Å². The second-order valence-electron chi connectivity index (χ2n) is 6.88. The second-order valence-corrected chi connectivity index (χ2v) is 8.70. The van der Waals surface area contributed by atoms with E-state index < -0.39 is 10.2 Å². The number of rotatable bonds is 2. The average Bonchev–Trinajstić information content (AvgIpc) is 3.08. The predicted octanol–water partition coefficient (Wildman–Crippen LogP) is 1.22. The number of para-hydroxylation sites is 3. The number of aromatic nitrogens is 1. The highest BCUT2D eigenvalue weighted by Crippen LogP contribution is 2.43. The van der Waals surface area contributed by atoms with Crippen LogP contribution >= 0.6 is 11.3 Å². The van der Waals surface area contributed by atoms with Gasteiger partial charge in [-0.3, -0.25) is 0 Å². The van der Waals surface area contributed by atoms with Crippen molar-refractivity contribution in [2.45, 2.75) is 0 Å². The molecule has 0 aliphatic carbocycles. The Labute approximate surface area is 190 Å². The van der Waals surface area contributed by atoms with Gasteiger partial charge in [0, 0.05) is 23.3 Å². The van der Waals surface area contributed by atoms with E-state index in [0.717, 1.165) is 22.6 Å². The number of ether oxygens (including phenoxy) is 1. The fourth-order valence-electron chi connectivity index (χ4n) is 3.49. The highest BCUT2D eigenvalue weighted by Gasteiger charge is 2.20. The zero-order chi connectivity index (χ0) is 22.7. The van der Waals surface area contributed by atoms with E-state index in [2.05, 4.69) is 78.4 Å². The second kappa shape index (κ2) is 9.22. The van der Waals surface area contributed by atoms with Gasteiger partial charge in [-0.25, -0.2) is 18.6 Å². The number of fused-ring (bicyclic) bond motifs is 3. The summed E-state index contributed by atoms with van der Waals surface area (Å²) in [5, 5.41) is 1.22. The number of nitrogens with zero attached hydrogens (tertiary/aromatic N) is 1. The van der Waals surface area contributed by atoms with Gasteiger partial charge in [-0.2, -0.15) is 4.57 Å². The Hall–Kier alpha value is -3.04. The van der Waals surface area contributed by atoms with Crippen LogP contribution in [0.1, 0.15) is 16.1 Å². The molecular formula is C24H18ClNO5S. The van der Waals surface area contributed by atoms with Crippen LogP contribution in [0.15, 0.2) is 84.9 Å². The first-order valence-electron chi connectivity index (χ1n) is 9.55. The van der Waals surface area contributed by atoms with Crippen LogP contribution in [0.5, 0.6) is 11.5 Å². The van der Waals surface area contributed by atoms with Crippen molar-refractivity contribution >= 4 is 33.2 Å². The van der Waals surface area contributed by atoms with E-state index >= 15 is 0 Å². The Morgan fingerprint density at radius 3 is 1.94 bits per heavy atom. The summed E-state index contributed by atoms with van der Waals surface area (Å²) in [6, 6.07) is 24.9. The molecule has 5 rings (SSSR count). The van der Waals surface area contributed by atoms with Crippen molar-refractivity contribution in [2.24, 2.45) is 7.05 Å². The molecule has 0 unspecified atom stereocenters. The number of aryl methyl sites for hydroxylation is 1. The lowest BCUT2D eigenvalue weighted by molar-refractivity contribution is -2.00. The van der Waals surface area contributed by atoms with E-state index in [4.69, 9.17) is 23.4 Å². The smallest absolute Gasteiger partial charge is 0.262 e. The van der Waals surface area contributed by atoms with Crippen molar-refractivity contribution in [2.75, 3.05) is 0 Å². The molecule has 4 aromatic rings. The summed E-state index contributed by atoms with van der Waals surface area (Å²) < 4.78 is 43.6. The molecule has 0 fully saturated rings. The summed E-state index contributed by atoms with van der Waals surface area (Å²) in [4.78, 5) is 0. The highest BCUT2D eigenvalue weighted by atomic mass is 35.7. The fraction of sp³-hybridized carbons (Fsp3) is 0.0417. The summed E-state index contributed by atoms with van der Waals surface area (Å²) in [5.41, 5.74) is 4.70. The minimum absolute atomic E-state index is 0.906. The van der Waals surface area contributed by atoms with Gasteiger partial charge in [-0.05, 0) is 23.8 Å². The molecule has 1 aliphatic rings. The molecule has 8 heteroatoms. The molecule has 3 aromatic carbocycles. The van der Waals surface area contributed by atoms with Crippen LogP contribution in [0.3, 0.4) is 0 Å². The zero-order valence-corrected chi connectivity index (χ0v) is 18.5. The maximum Gasteiger partial charge on any atom is 0.262 e. The summed E-state index contributed by atoms with van der Waals surface area (Å²) in [7, 11) is -2.83. The van der Waals surface area contributed by atoms with E-state index in [9.17, 15) is 0 Å². The lowest BCUT2D eigenvalue weighted by Gasteiger charge is -2.22. The molecule has 0 bridgehead atoms. The number of benzene rings is 3. The molecule has 162 valence electrons. The number of hydrogen-bond acceptors (Lipinski definition) is 6. The Kier molecular flexibility index (Phi) is 6.38. The van der Waals surface area contributed by atoms with Gasteiger partial charge in [0.05, 0.1) is 0 Å². The summed E-state index contributed by atoms with van der Waals surface area (Å²) in [6.45, 7) is 0. The molecule has 0 saturated carbocycles. The van der Waals surface area contributed by atoms with Crippen LogP contribution in [0.2, 0.25) is 0 Å². The normalized spacial score (nSPS) is 12.6. The largest absolute Gasteiger partial charge is 0.456 e. The van der Waals surface area contributed by atoms with E-state index in [1.807, 2.05) is 24.3 Å². The predicted molar refractivity (Wildman–Crippen MR) is 112 cm³/mol. The van der Waals surface area contributed by atoms with Crippen LogP contribution in [0.4, 0.5) is 0 Å². The molecule has 2 heterocycles. The van der Waals surface area contributed by atoms with Gasteiger partial charge in [0.2, 0.25) is 5.52 Å². The van der Waals surface area contributed by atoms with Gasteiger partial charge in [0.25, 0.3) is 5.01 Å². The Balaban J connectivity index is 0.000000444. The first-order valence-corrected chi connectivity index (χ1v) is 11.6. The third-order valence-electron chi connectivity index (χ3n) is 4.85. The molecule has 0 atom stereocenters. The first kappa shape index (κ1) is 22.2.